The first kappa shape index (κ1) is 23.6. The maximum absolute atomic E-state index is 12.9. The molecule has 1 aliphatic rings. The lowest BCUT2D eigenvalue weighted by molar-refractivity contribution is -0.154. The van der Waals surface area contributed by atoms with Gasteiger partial charge in [-0.15, -0.1) is 0 Å². The molecule has 2 aromatic rings. The Morgan fingerprint density at radius 3 is 2.59 bits per heavy atom. The highest BCUT2D eigenvalue weighted by molar-refractivity contribution is 7.89. The average molecular weight is 458 g/mol. The van der Waals surface area contributed by atoms with Gasteiger partial charge in [0.15, 0.2) is 0 Å². The third kappa shape index (κ3) is 5.23. The van der Waals surface area contributed by atoms with Gasteiger partial charge in [0.25, 0.3) is 0 Å². The number of rotatable bonds is 6. The fraction of sp³-hybridized carbons (Fsp3) is 0.348. The molecular formula is C23H27N3O5S. The predicted molar refractivity (Wildman–Crippen MR) is 123 cm³/mol. The van der Waals surface area contributed by atoms with Crippen molar-refractivity contribution in [3.05, 3.63) is 53.6 Å². The van der Waals surface area contributed by atoms with Gasteiger partial charge in [-0.1, -0.05) is 18.2 Å². The molecule has 1 heterocycles. The number of nitrogens with zero attached hydrogens (tertiary/aromatic N) is 2. The predicted octanol–water partition coefficient (Wildman–Crippen LogP) is 3.40. The molecule has 1 amide bonds. The third-order valence-corrected chi connectivity index (χ3v) is 6.65. The van der Waals surface area contributed by atoms with Crippen molar-refractivity contribution in [2.45, 2.75) is 44.1 Å². The summed E-state index contributed by atoms with van der Waals surface area (Å²) in [5.74, 6) is -1.38. The first-order valence-electron chi connectivity index (χ1n) is 10.1. The molecule has 3 rings (SSSR count). The lowest BCUT2D eigenvalue weighted by atomic mass is 9.97. The van der Waals surface area contributed by atoms with Gasteiger partial charge in [0.2, 0.25) is 15.9 Å². The van der Waals surface area contributed by atoms with Crippen LogP contribution in [0, 0.1) is 6.92 Å². The van der Waals surface area contributed by atoms with Gasteiger partial charge in [-0.05, 0) is 63.1 Å². The molecule has 1 atom stereocenters. The van der Waals surface area contributed by atoms with Crippen LogP contribution in [-0.2, 0) is 24.3 Å². The molecule has 170 valence electrons. The van der Waals surface area contributed by atoms with Crippen LogP contribution in [0.2, 0.25) is 0 Å². The van der Waals surface area contributed by atoms with E-state index in [-0.39, 0.29) is 10.8 Å². The molecule has 0 aliphatic carbocycles. The summed E-state index contributed by atoms with van der Waals surface area (Å²) in [7, 11) is -2.62. The van der Waals surface area contributed by atoms with E-state index in [2.05, 4.69) is 10.3 Å². The molecule has 0 bridgehead atoms. The number of aryl methyl sites for hydroxylation is 1. The summed E-state index contributed by atoms with van der Waals surface area (Å²) in [6.07, 6.45) is 1.52. The van der Waals surface area contributed by atoms with Gasteiger partial charge in [0.1, 0.15) is 18.1 Å². The van der Waals surface area contributed by atoms with Crippen LogP contribution < -0.4 is 5.32 Å². The summed E-state index contributed by atoms with van der Waals surface area (Å²) in [5, 5.41) is 2.83. The minimum absolute atomic E-state index is 0.00865. The van der Waals surface area contributed by atoms with Crippen LogP contribution in [-0.4, -0.2) is 50.0 Å². The maximum atomic E-state index is 12.9. The van der Waals surface area contributed by atoms with Crippen molar-refractivity contribution < 1.29 is 22.7 Å². The van der Waals surface area contributed by atoms with Crippen molar-refractivity contribution in [1.29, 1.82) is 0 Å². The summed E-state index contributed by atoms with van der Waals surface area (Å²) in [6.45, 7) is 6.65. The standard InChI is InChI=1S/C23H27N3O5S/c1-15-8-6-11-19-21(15)18(22(28)25-19)13-24-16-9-7-10-17(12-16)32(29,30)26(5)14-20(27)31-23(2,3)4/h6-13,18H,14H2,1-5H3,(H,25,28). The van der Waals surface area contributed by atoms with E-state index in [1.807, 2.05) is 25.1 Å². The molecule has 2 aromatic carbocycles. The number of sulfonamides is 1. The second kappa shape index (κ2) is 8.84. The lowest BCUT2D eigenvalue weighted by Crippen LogP contribution is -2.36. The molecule has 0 radical (unpaired) electrons. The Morgan fingerprint density at radius 2 is 1.91 bits per heavy atom. The number of anilines is 1. The molecule has 1 aliphatic heterocycles. The van der Waals surface area contributed by atoms with E-state index in [4.69, 9.17) is 4.74 Å². The van der Waals surface area contributed by atoms with Gasteiger partial charge in [0.05, 0.1) is 10.6 Å². The van der Waals surface area contributed by atoms with E-state index in [9.17, 15) is 18.0 Å². The molecule has 0 fully saturated rings. The summed E-state index contributed by atoms with van der Waals surface area (Å²) in [4.78, 5) is 28.8. The molecule has 0 aromatic heterocycles. The molecule has 0 spiro atoms. The number of esters is 1. The molecule has 0 saturated carbocycles. The largest absolute Gasteiger partial charge is 0.459 e. The summed E-state index contributed by atoms with van der Waals surface area (Å²) < 4.78 is 32.0. The number of hydrogen-bond acceptors (Lipinski definition) is 6. The van der Waals surface area contributed by atoms with E-state index in [1.54, 1.807) is 32.9 Å². The maximum Gasteiger partial charge on any atom is 0.321 e. The second-order valence-electron chi connectivity index (χ2n) is 8.63. The zero-order valence-corrected chi connectivity index (χ0v) is 19.6. The van der Waals surface area contributed by atoms with E-state index in [1.165, 1.54) is 25.4 Å². The molecule has 0 saturated heterocycles. The van der Waals surface area contributed by atoms with Crippen LogP contribution in [0.25, 0.3) is 0 Å². The van der Waals surface area contributed by atoms with Gasteiger partial charge >= 0.3 is 5.97 Å². The summed E-state index contributed by atoms with van der Waals surface area (Å²) in [5.41, 5.74) is 2.26. The number of aliphatic imine (C=N–C) groups is 1. The molecule has 32 heavy (non-hydrogen) atoms. The Labute approximate surface area is 188 Å². The van der Waals surface area contributed by atoms with Crippen LogP contribution in [0.4, 0.5) is 11.4 Å². The Hall–Kier alpha value is -3.04. The quantitative estimate of drug-likeness (QED) is 0.529. The van der Waals surface area contributed by atoms with Crippen LogP contribution in [0.5, 0.6) is 0 Å². The van der Waals surface area contributed by atoms with Crippen molar-refractivity contribution in [3.63, 3.8) is 0 Å². The molecule has 8 nitrogen and oxygen atoms in total. The molecule has 1 N–H and O–H groups in total. The monoisotopic (exact) mass is 457 g/mol. The Morgan fingerprint density at radius 1 is 1.22 bits per heavy atom. The topological polar surface area (TPSA) is 105 Å². The van der Waals surface area contributed by atoms with E-state index in [0.717, 1.165) is 21.1 Å². The molecular weight excluding hydrogens is 430 g/mol. The number of ether oxygens (including phenoxy) is 1. The van der Waals surface area contributed by atoms with Gasteiger partial charge in [-0.2, -0.15) is 4.31 Å². The fourth-order valence-corrected chi connectivity index (χ4v) is 4.55. The van der Waals surface area contributed by atoms with Gasteiger partial charge in [0, 0.05) is 18.9 Å². The van der Waals surface area contributed by atoms with Crippen LogP contribution in [0.1, 0.15) is 37.8 Å². The lowest BCUT2D eigenvalue weighted by Gasteiger charge is -2.22. The Bertz CT molecular complexity index is 1180. The van der Waals surface area contributed by atoms with Crippen molar-refractivity contribution in [1.82, 2.24) is 4.31 Å². The van der Waals surface area contributed by atoms with Crippen molar-refractivity contribution in [3.8, 4) is 0 Å². The van der Waals surface area contributed by atoms with Gasteiger partial charge in [-0.3, -0.25) is 14.6 Å². The minimum Gasteiger partial charge on any atom is -0.459 e. The number of carbonyl (C=O) groups is 2. The highest BCUT2D eigenvalue weighted by Crippen LogP contribution is 2.34. The summed E-state index contributed by atoms with van der Waals surface area (Å²) >= 11 is 0. The number of nitrogens with one attached hydrogen (secondary N) is 1. The van der Waals surface area contributed by atoms with Crippen LogP contribution in [0.15, 0.2) is 52.4 Å². The van der Waals surface area contributed by atoms with Gasteiger partial charge in [-0.25, -0.2) is 8.42 Å². The van der Waals surface area contributed by atoms with E-state index >= 15 is 0 Å². The van der Waals surface area contributed by atoms with Crippen LogP contribution >= 0.6 is 0 Å². The van der Waals surface area contributed by atoms with Crippen LogP contribution in [0.3, 0.4) is 0 Å². The number of benzene rings is 2. The second-order valence-corrected chi connectivity index (χ2v) is 10.7. The summed E-state index contributed by atoms with van der Waals surface area (Å²) in [6, 6.07) is 11.7. The fourth-order valence-electron chi connectivity index (χ4n) is 3.39. The van der Waals surface area contributed by atoms with Crippen molar-refractivity contribution >= 4 is 39.5 Å². The van der Waals surface area contributed by atoms with E-state index < -0.39 is 34.1 Å². The SMILES string of the molecule is Cc1cccc2c1C(C=Nc1cccc(S(=O)(=O)N(C)CC(=O)OC(C)(C)C)c1)C(=O)N2. The van der Waals surface area contributed by atoms with Crippen molar-refractivity contribution in [2.24, 2.45) is 4.99 Å². The number of amides is 1. The highest BCUT2D eigenvalue weighted by Gasteiger charge is 2.30. The zero-order valence-electron chi connectivity index (χ0n) is 18.7. The molecule has 1 unspecified atom stereocenters. The zero-order chi connectivity index (χ0) is 23.7. The smallest absolute Gasteiger partial charge is 0.321 e. The number of fused-ring (bicyclic) bond motifs is 1. The normalized spacial score (nSPS) is 16.3. The highest BCUT2D eigenvalue weighted by atomic mass is 32.2. The number of carbonyl (C=O) groups excluding carboxylic acids is 2. The first-order valence-corrected chi connectivity index (χ1v) is 11.6. The first-order chi connectivity index (χ1) is 14.9. The minimum atomic E-state index is -3.94. The number of hydrogen-bond donors (Lipinski definition) is 1. The number of likely N-dealkylation sites (N-methyl/N-ethyl adjacent to an activating group) is 1. The Balaban J connectivity index is 1.80. The molecule has 9 heteroatoms. The third-order valence-electron chi connectivity index (χ3n) is 4.85. The van der Waals surface area contributed by atoms with E-state index in [0.29, 0.717) is 5.69 Å². The average Bonchev–Trinajstić information content (AvgIpc) is 3.01. The van der Waals surface area contributed by atoms with Crippen molar-refractivity contribution in [2.75, 3.05) is 18.9 Å². The Kier molecular flexibility index (Phi) is 6.52. The van der Waals surface area contributed by atoms with Gasteiger partial charge < -0.3 is 10.1 Å².